The summed E-state index contributed by atoms with van der Waals surface area (Å²) in [6, 6.07) is 6.91. The van der Waals surface area contributed by atoms with Crippen LogP contribution in [0.2, 0.25) is 0 Å². The molecule has 0 aliphatic heterocycles. The lowest BCUT2D eigenvalue weighted by Crippen LogP contribution is -2.41. The molecule has 0 bridgehead atoms. The summed E-state index contributed by atoms with van der Waals surface area (Å²) < 4.78 is 5.09. The molecule has 0 fully saturated rings. The van der Waals surface area contributed by atoms with Gasteiger partial charge in [0.25, 0.3) is 0 Å². The number of nitrogens with one attached hydrogen (secondary N) is 1. The van der Waals surface area contributed by atoms with E-state index in [0.29, 0.717) is 19.3 Å². The number of amides is 1. The second-order valence-electron chi connectivity index (χ2n) is 5.79. The van der Waals surface area contributed by atoms with Crippen molar-refractivity contribution in [3.05, 3.63) is 29.8 Å². The van der Waals surface area contributed by atoms with Gasteiger partial charge in [0.15, 0.2) is 0 Å². The average Bonchev–Trinajstić information content (AvgIpc) is 2.46. The van der Waals surface area contributed by atoms with Gasteiger partial charge in [0.05, 0.1) is 7.11 Å². The third-order valence-electron chi connectivity index (χ3n) is 3.37. The maximum Gasteiger partial charge on any atom is 0.326 e. The van der Waals surface area contributed by atoms with Crippen LogP contribution < -0.4 is 10.1 Å². The Bertz CT molecular complexity index is 482. The second kappa shape index (κ2) is 9.07. The Morgan fingerprint density at radius 1 is 1.23 bits per heavy atom. The number of rotatable bonds is 9. The number of hydrogen-bond acceptors (Lipinski definition) is 3. The van der Waals surface area contributed by atoms with Gasteiger partial charge in [0.1, 0.15) is 11.8 Å². The van der Waals surface area contributed by atoms with E-state index in [1.807, 2.05) is 38.1 Å². The van der Waals surface area contributed by atoms with Gasteiger partial charge < -0.3 is 15.2 Å². The number of carboxylic acid groups (broad SMARTS) is 1. The second-order valence-corrected chi connectivity index (χ2v) is 5.79. The molecule has 0 heterocycles. The van der Waals surface area contributed by atoms with Crippen molar-refractivity contribution in [3.63, 3.8) is 0 Å². The molecule has 1 rings (SSSR count). The summed E-state index contributed by atoms with van der Waals surface area (Å²) in [5.41, 5.74) is 1.13. The Kier molecular flexibility index (Phi) is 7.43. The molecule has 5 heteroatoms. The summed E-state index contributed by atoms with van der Waals surface area (Å²) in [6.07, 6.45) is 2.24. The van der Waals surface area contributed by atoms with Crippen LogP contribution in [0.25, 0.3) is 0 Å². The van der Waals surface area contributed by atoms with Crippen LogP contribution in [0, 0.1) is 5.92 Å². The van der Waals surface area contributed by atoms with Crippen molar-refractivity contribution in [3.8, 4) is 5.75 Å². The topological polar surface area (TPSA) is 75.6 Å². The molecule has 1 unspecified atom stereocenters. The minimum atomic E-state index is -0.975. The van der Waals surface area contributed by atoms with E-state index in [1.165, 1.54) is 0 Å². The van der Waals surface area contributed by atoms with Crippen molar-refractivity contribution < 1.29 is 19.4 Å². The Balaban J connectivity index is 2.36. The number of carboxylic acids is 1. The van der Waals surface area contributed by atoms with Crippen molar-refractivity contribution in [1.29, 1.82) is 0 Å². The van der Waals surface area contributed by atoms with Gasteiger partial charge in [-0.2, -0.15) is 0 Å². The van der Waals surface area contributed by atoms with Gasteiger partial charge in [-0.25, -0.2) is 4.79 Å². The summed E-state index contributed by atoms with van der Waals surface area (Å²) in [5.74, 6) is -0.154. The zero-order chi connectivity index (χ0) is 16.5. The Morgan fingerprint density at radius 3 is 2.36 bits per heavy atom. The molecule has 122 valence electrons. The van der Waals surface area contributed by atoms with Gasteiger partial charge in [-0.15, -0.1) is 0 Å². The molecular weight excluding hydrogens is 282 g/mol. The van der Waals surface area contributed by atoms with Crippen molar-refractivity contribution in [1.82, 2.24) is 5.32 Å². The van der Waals surface area contributed by atoms with Gasteiger partial charge in [0, 0.05) is 6.42 Å². The summed E-state index contributed by atoms with van der Waals surface area (Å²) >= 11 is 0. The fraction of sp³-hybridized carbons (Fsp3) is 0.529. The molecule has 1 atom stereocenters. The summed E-state index contributed by atoms with van der Waals surface area (Å²) in [5, 5.41) is 11.7. The number of hydrogen-bond donors (Lipinski definition) is 2. The van der Waals surface area contributed by atoms with Crippen LogP contribution in [-0.2, 0) is 16.0 Å². The SMILES string of the molecule is COc1ccc(CCCC(=O)NC(CC(C)C)C(=O)O)cc1. The molecule has 22 heavy (non-hydrogen) atoms. The number of benzene rings is 1. The molecule has 5 nitrogen and oxygen atoms in total. The quantitative estimate of drug-likeness (QED) is 0.735. The molecule has 0 aliphatic carbocycles. The third kappa shape index (κ3) is 6.61. The van der Waals surface area contributed by atoms with Crippen LogP contribution in [0.15, 0.2) is 24.3 Å². The Hall–Kier alpha value is -2.04. The lowest BCUT2D eigenvalue weighted by Gasteiger charge is -2.16. The van der Waals surface area contributed by atoms with Crippen LogP contribution >= 0.6 is 0 Å². The van der Waals surface area contributed by atoms with Crippen LogP contribution in [0.4, 0.5) is 0 Å². The number of carbonyl (C=O) groups excluding carboxylic acids is 1. The number of carbonyl (C=O) groups is 2. The molecule has 1 aromatic carbocycles. The van der Waals surface area contributed by atoms with Crippen molar-refractivity contribution in [2.24, 2.45) is 5.92 Å². The standard InChI is InChI=1S/C17H25NO4/c1-12(2)11-15(17(20)21)18-16(19)6-4-5-13-7-9-14(22-3)10-8-13/h7-10,12,15H,4-6,11H2,1-3H3,(H,18,19)(H,20,21). The molecule has 0 saturated heterocycles. The van der Waals surface area contributed by atoms with E-state index in [-0.39, 0.29) is 11.8 Å². The minimum absolute atomic E-state index is 0.207. The Labute approximate surface area is 131 Å². The van der Waals surface area contributed by atoms with Crippen LogP contribution in [0.1, 0.15) is 38.7 Å². The molecule has 0 radical (unpaired) electrons. The average molecular weight is 307 g/mol. The van der Waals surface area contributed by atoms with E-state index in [0.717, 1.165) is 17.7 Å². The van der Waals surface area contributed by atoms with Gasteiger partial charge in [-0.05, 0) is 42.9 Å². The summed E-state index contributed by atoms with van der Waals surface area (Å²) in [6.45, 7) is 3.87. The molecular formula is C17H25NO4. The lowest BCUT2D eigenvalue weighted by molar-refractivity contribution is -0.142. The molecule has 1 aromatic rings. The highest BCUT2D eigenvalue weighted by atomic mass is 16.5. The van der Waals surface area contributed by atoms with Gasteiger partial charge in [-0.1, -0.05) is 26.0 Å². The highest BCUT2D eigenvalue weighted by molar-refractivity contribution is 5.83. The van der Waals surface area contributed by atoms with Crippen molar-refractivity contribution in [2.75, 3.05) is 7.11 Å². The largest absolute Gasteiger partial charge is 0.497 e. The molecule has 0 saturated carbocycles. The Morgan fingerprint density at radius 2 is 1.86 bits per heavy atom. The number of aryl methyl sites for hydroxylation is 1. The third-order valence-corrected chi connectivity index (χ3v) is 3.37. The fourth-order valence-corrected chi connectivity index (χ4v) is 2.20. The first kappa shape index (κ1) is 18.0. The smallest absolute Gasteiger partial charge is 0.326 e. The van der Waals surface area contributed by atoms with E-state index in [1.54, 1.807) is 7.11 Å². The van der Waals surface area contributed by atoms with E-state index in [2.05, 4.69) is 5.32 Å². The maximum atomic E-state index is 11.8. The molecule has 2 N–H and O–H groups in total. The monoisotopic (exact) mass is 307 g/mol. The van der Waals surface area contributed by atoms with Gasteiger partial charge in [0.2, 0.25) is 5.91 Å². The predicted octanol–water partition coefficient (Wildman–Crippen LogP) is 2.63. The van der Waals surface area contributed by atoms with Crippen molar-refractivity contribution >= 4 is 11.9 Å². The zero-order valence-corrected chi connectivity index (χ0v) is 13.5. The van der Waals surface area contributed by atoms with E-state index >= 15 is 0 Å². The van der Waals surface area contributed by atoms with Gasteiger partial charge in [-0.3, -0.25) is 4.79 Å². The maximum absolute atomic E-state index is 11.8. The number of ether oxygens (including phenoxy) is 1. The number of methoxy groups -OCH3 is 1. The first-order chi connectivity index (χ1) is 10.4. The number of aliphatic carboxylic acids is 1. The van der Waals surface area contributed by atoms with Gasteiger partial charge >= 0.3 is 5.97 Å². The van der Waals surface area contributed by atoms with E-state index < -0.39 is 12.0 Å². The van der Waals surface area contributed by atoms with Crippen LogP contribution in [-0.4, -0.2) is 30.1 Å². The highest BCUT2D eigenvalue weighted by Crippen LogP contribution is 2.13. The fourth-order valence-electron chi connectivity index (χ4n) is 2.20. The molecule has 0 aromatic heterocycles. The zero-order valence-electron chi connectivity index (χ0n) is 13.5. The first-order valence-corrected chi connectivity index (χ1v) is 7.57. The molecule has 0 aliphatic rings. The molecule has 1 amide bonds. The van der Waals surface area contributed by atoms with E-state index in [9.17, 15) is 9.59 Å². The highest BCUT2D eigenvalue weighted by Gasteiger charge is 2.20. The summed E-state index contributed by atoms with van der Waals surface area (Å²) in [7, 11) is 1.62. The predicted molar refractivity (Wildman–Crippen MR) is 85.0 cm³/mol. The van der Waals surface area contributed by atoms with Crippen LogP contribution in [0.3, 0.4) is 0 Å². The minimum Gasteiger partial charge on any atom is -0.497 e. The molecule has 0 spiro atoms. The first-order valence-electron chi connectivity index (χ1n) is 7.57. The lowest BCUT2D eigenvalue weighted by atomic mass is 10.0. The summed E-state index contributed by atoms with van der Waals surface area (Å²) in [4.78, 5) is 22.9. The van der Waals surface area contributed by atoms with Crippen LogP contribution in [0.5, 0.6) is 5.75 Å². The van der Waals surface area contributed by atoms with E-state index in [4.69, 9.17) is 9.84 Å². The van der Waals surface area contributed by atoms with Crippen molar-refractivity contribution in [2.45, 2.75) is 45.6 Å². The normalized spacial score (nSPS) is 12.0.